The van der Waals surface area contributed by atoms with Crippen LogP contribution in [-0.4, -0.2) is 19.5 Å². The van der Waals surface area contributed by atoms with Crippen molar-refractivity contribution >= 4 is 11.9 Å². The van der Waals surface area contributed by atoms with Crippen molar-refractivity contribution in [1.29, 1.82) is 0 Å². The number of carbonyl (C=O) groups is 1. The Kier molecular flexibility index (Phi) is 5.46. The van der Waals surface area contributed by atoms with Gasteiger partial charge in [-0.1, -0.05) is 42.0 Å². The third kappa shape index (κ3) is 4.39. The third-order valence-electron chi connectivity index (χ3n) is 3.19. The molecule has 0 spiro atoms. The monoisotopic (exact) mass is 318 g/mol. The Morgan fingerprint density at radius 2 is 1.83 bits per heavy atom. The van der Waals surface area contributed by atoms with Gasteiger partial charge in [0.15, 0.2) is 17.3 Å². The van der Waals surface area contributed by atoms with Crippen LogP contribution in [0.3, 0.4) is 0 Å². The summed E-state index contributed by atoms with van der Waals surface area (Å²) in [6.45, 7) is -1.06. The molecule has 0 bridgehead atoms. The normalized spacial score (nSPS) is 11.0. The van der Waals surface area contributed by atoms with Crippen LogP contribution in [0.4, 0.5) is 8.78 Å². The fourth-order valence-corrected chi connectivity index (χ4v) is 2.02. The molecule has 120 valence electrons. The first kappa shape index (κ1) is 16.7. The number of allylic oxidation sites excluding steroid dienone is 1. The number of benzene rings is 2. The highest BCUT2D eigenvalue weighted by Crippen LogP contribution is 2.33. The van der Waals surface area contributed by atoms with Gasteiger partial charge < -0.3 is 9.47 Å². The van der Waals surface area contributed by atoms with Crippen molar-refractivity contribution in [2.45, 2.75) is 13.5 Å². The SMILES string of the molecule is COc1cccc(/C=C/C(=O)c2ccc(C)cc2)c1OC(F)F. The smallest absolute Gasteiger partial charge is 0.387 e. The minimum atomic E-state index is -2.98. The van der Waals surface area contributed by atoms with Crippen molar-refractivity contribution in [2.75, 3.05) is 7.11 Å². The maximum Gasteiger partial charge on any atom is 0.387 e. The van der Waals surface area contributed by atoms with Crippen LogP contribution in [0.25, 0.3) is 6.08 Å². The van der Waals surface area contributed by atoms with Crippen LogP contribution in [0.2, 0.25) is 0 Å². The summed E-state index contributed by atoms with van der Waals surface area (Å²) in [6, 6.07) is 11.8. The Morgan fingerprint density at radius 3 is 2.43 bits per heavy atom. The van der Waals surface area contributed by atoms with Crippen molar-refractivity contribution in [3.63, 3.8) is 0 Å². The van der Waals surface area contributed by atoms with E-state index in [4.69, 9.17) is 4.74 Å². The van der Waals surface area contributed by atoms with Gasteiger partial charge in [0.05, 0.1) is 7.11 Å². The van der Waals surface area contributed by atoms with Crippen molar-refractivity contribution < 1.29 is 23.0 Å². The van der Waals surface area contributed by atoms with E-state index in [9.17, 15) is 13.6 Å². The zero-order valence-electron chi connectivity index (χ0n) is 12.8. The van der Waals surface area contributed by atoms with E-state index in [2.05, 4.69) is 4.74 Å². The molecular weight excluding hydrogens is 302 g/mol. The van der Waals surface area contributed by atoms with E-state index in [0.29, 0.717) is 11.1 Å². The molecule has 0 fully saturated rings. The number of ketones is 1. The Hall–Kier alpha value is -2.69. The fraction of sp³-hybridized carbons (Fsp3) is 0.167. The standard InChI is InChI=1S/C18H16F2O3/c1-12-6-8-13(9-7-12)15(21)11-10-14-4-3-5-16(22-2)17(14)23-18(19)20/h3-11,18H,1-2H3/b11-10+. The van der Waals surface area contributed by atoms with Gasteiger partial charge >= 0.3 is 6.61 Å². The van der Waals surface area contributed by atoms with E-state index < -0.39 is 6.61 Å². The number of aryl methyl sites for hydroxylation is 1. The van der Waals surface area contributed by atoms with E-state index in [1.807, 2.05) is 19.1 Å². The van der Waals surface area contributed by atoms with Gasteiger partial charge in [-0.2, -0.15) is 8.78 Å². The molecule has 0 saturated carbocycles. The highest BCUT2D eigenvalue weighted by molar-refractivity contribution is 6.07. The summed E-state index contributed by atoms with van der Waals surface area (Å²) in [5.41, 5.74) is 1.90. The van der Waals surface area contributed by atoms with E-state index in [-0.39, 0.29) is 17.3 Å². The molecule has 0 aromatic heterocycles. The van der Waals surface area contributed by atoms with Crippen LogP contribution in [0.15, 0.2) is 48.5 Å². The number of rotatable bonds is 6. The lowest BCUT2D eigenvalue weighted by Gasteiger charge is -2.12. The Balaban J connectivity index is 2.28. The number of methoxy groups -OCH3 is 1. The summed E-state index contributed by atoms with van der Waals surface area (Å²) in [6.07, 6.45) is 2.75. The van der Waals surface area contributed by atoms with Gasteiger partial charge in [0, 0.05) is 11.1 Å². The lowest BCUT2D eigenvalue weighted by Crippen LogP contribution is -2.05. The largest absolute Gasteiger partial charge is 0.493 e. The summed E-state index contributed by atoms with van der Waals surface area (Å²) < 4.78 is 34.6. The molecule has 0 saturated heterocycles. The highest BCUT2D eigenvalue weighted by Gasteiger charge is 2.14. The van der Waals surface area contributed by atoms with Crippen LogP contribution in [0, 0.1) is 6.92 Å². The Morgan fingerprint density at radius 1 is 1.13 bits per heavy atom. The van der Waals surface area contributed by atoms with Crippen molar-refractivity contribution in [1.82, 2.24) is 0 Å². The average Bonchev–Trinajstić information content (AvgIpc) is 2.53. The maximum absolute atomic E-state index is 12.5. The first-order valence-electron chi connectivity index (χ1n) is 6.92. The lowest BCUT2D eigenvalue weighted by molar-refractivity contribution is -0.0513. The van der Waals surface area contributed by atoms with Crippen molar-refractivity contribution in [3.8, 4) is 11.5 Å². The molecule has 5 heteroatoms. The molecule has 23 heavy (non-hydrogen) atoms. The van der Waals surface area contributed by atoms with E-state index in [0.717, 1.165) is 5.56 Å². The minimum Gasteiger partial charge on any atom is -0.493 e. The van der Waals surface area contributed by atoms with Crippen LogP contribution < -0.4 is 9.47 Å². The molecule has 3 nitrogen and oxygen atoms in total. The van der Waals surface area contributed by atoms with Crippen LogP contribution in [0.1, 0.15) is 21.5 Å². The summed E-state index contributed by atoms with van der Waals surface area (Å²) >= 11 is 0. The molecule has 0 unspecified atom stereocenters. The molecule has 0 atom stereocenters. The lowest BCUT2D eigenvalue weighted by atomic mass is 10.1. The molecule has 2 rings (SSSR count). The second-order valence-corrected chi connectivity index (χ2v) is 4.82. The number of carbonyl (C=O) groups excluding carboxylic acids is 1. The number of hydrogen-bond donors (Lipinski definition) is 0. The molecule has 0 aliphatic carbocycles. The highest BCUT2D eigenvalue weighted by atomic mass is 19.3. The predicted octanol–water partition coefficient (Wildman–Crippen LogP) is 4.50. The van der Waals surface area contributed by atoms with Crippen molar-refractivity contribution in [3.05, 3.63) is 65.2 Å². The van der Waals surface area contributed by atoms with Crippen LogP contribution >= 0.6 is 0 Å². The molecule has 0 aliphatic heterocycles. The number of halogens is 2. The van der Waals surface area contributed by atoms with Crippen molar-refractivity contribution in [2.24, 2.45) is 0 Å². The van der Waals surface area contributed by atoms with E-state index in [1.54, 1.807) is 24.3 Å². The zero-order chi connectivity index (χ0) is 16.8. The van der Waals surface area contributed by atoms with Crippen LogP contribution in [0.5, 0.6) is 11.5 Å². The molecule has 0 aliphatic rings. The molecule has 0 radical (unpaired) electrons. The Labute approximate surface area is 133 Å². The maximum atomic E-state index is 12.5. The summed E-state index contributed by atoms with van der Waals surface area (Å²) in [4.78, 5) is 12.1. The molecule has 0 heterocycles. The minimum absolute atomic E-state index is 0.0991. The Bertz CT molecular complexity index is 707. The average molecular weight is 318 g/mol. The molecular formula is C18H16F2O3. The van der Waals surface area contributed by atoms with E-state index >= 15 is 0 Å². The van der Waals surface area contributed by atoms with E-state index in [1.165, 1.54) is 25.3 Å². The third-order valence-corrected chi connectivity index (χ3v) is 3.19. The summed E-state index contributed by atoms with van der Waals surface area (Å²) in [7, 11) is 1.36. The van der Waals surface area contributed by atoms with Gasteiger partial charge in [-0.25, -0.2) is 0 Å². The van der Waals surface area contributed by atoms with Gasteiger partial charge in [-0.05, 0) is 25.1 Å². The van der Waals surface area contributed by atoms with Gasteiger partial charge in [-0.3, -0.25) is 4.79 Å². The summed E-state index contributed by atoms with van der Waals surface area (Å²) in [5, 5.41) is 0. The second kappa shape index (κ2) is 7.54. The predicted molar refractivity (Wildman–Crippen MR) is 84.2 cm³/mol. The molecule has 0 amide bonds. The number of alkyl halides is 2. The second-order valence-electron chi connectivity index (χ2n) is 4.82. The van der Waals surface area contributed by atoms with Crippen LogP contribution in [-0.2, 0) is 0 Å². The number of hydrogen-bond acceptors (Lipinski definition) is 3. The number of ether oxygens (including phenoxy) is 2. The summed E-state index contributed by atoms with van der Waals surface area (Å²) in [5.74, 6) is -0.149. The zero-order valence-corrected chi connectivity index (χ0v) is 12.8. The number of para-hydroxylation sites is 1. The van der Waals surface area contributed by atoms with Gasteiger partial charge in [-0.15, -0.1) is 0 Å². The van der Waals surface area contributed by atoms with Gasteiger partial charge in [0.25, 0.3) is 0 Å². The topological polar surface area (TPSA) is 35.5 Å². The molecule has 2 aromatic rings. The quantitative estimate of drug-likeness (QED) is 0.581. The molecule has 2 aromatic carbocycles. The van der Waals surface area contributed by atoms with Gasteiger partial charge in [0.1, 0.15) is 0 Å². The first-order valence-corrected chi connectivity index (χ1v) is 6.92. The van der Waals surface area contributed by atoms with Gasteiger partial charge in [0.2, 0.25) is 0 Å². The fourth-order valence-electron chi connectivity index (χ4n) is 2.02. The molecule has 0 N–H and O–H groups in total. The first-order chi connectivity index (χ1) is 11.0.